The van der Waals surface area contributed by atoms with Crippen molar-refractivity contribution in [1.29, 1.82) is 0 Å². The Morgan fingerprint density at radius 1 is 1.17 bits per heavy atom. The predicted molar refractivity (Wildman–Crippen MR) is 53.9 cm³/mol. The van der Waals surface area contributed by atoms with Crippen LogP contribution in [0.15, 0.2) is 4.99 Å². The first-order valence-corrected chi connectivity index (χ1v) is 4.68. The molecule has 2 aliphatic rings. The van der Waals surface area contributed by atoms with Crippen molar-refractivity contribution in [3.63, 3.8) is 0 Å². The second-order valence-electron chi connectivity index (χ2n) is 3.77. The number of nitrogens with zero attached hydrogens (tertiary/aromatic N) is 1. The highest BCUT2D eigenvalue weighted by Gasteiger charge is 2.27. The van der Waals surface area contributed by atoms with Crippen LogP contribution in [0.4, 0.5) is 0 Å². The van der Waals surface area contributed by atoms with Gasteiger partial charge in [-0.25, -0.2) is 0 Å². The summed E-state index contributed by atoms with van der Waals surface area (Å²) in [7, 11) is 0. The molecule has 3 heteroatoms. The molecule has 2 atom stereocenters. The van der Waals surface area contributed by atoms with Crippen LogP contribution in [0.25, 0.3) is 0 Å². The van der Waals surface area contributed by atoms with Crippen molar-refractivity contribution in [2.45, 2.75) is 44.6 Å². The fourth-order valence-corrected chi connectivity index (χ4v) is 2.31. The van der Waals surface area contributed by atoms with E-state index in [-0.39, 0.29) is 12.4 Å². The summed E-state index contributed by atoms with van der Waals surface area (Å²) >= 11 is 0. The molecule has 2 rings (SSSR count). The Labute approximate surface area is 80.0 Å². The normalized spacial score (nSPS) is 34.5. The largest absolute Gasteiger partial charge is 0.387 e. The summed E-state index contributed by atoms with van der Waals surface area (Å²) in [5.74, 6) is 1.77. The highest BCUT2D eigenvalue weighted by atomic mass is 35.5. The summed E-state index contributed by atoms with van der Waals surface area (Å²) in [4.78, 5) is 4.50. The number of rotatable bonds is 0. The molecule has 70 valence electrons. The fraction of sp³-hybridized carbons (Fsp3) is 0.889. The molecular formula is C9H17ClN2. The molecule has 0 amide bonds. The zero-order chi connectivity index (χ0) is 7.68. The van der Waals surface area contributed by atoms with E-state index < -0.39 is 0 Å². The molecule has 0 aromatic rings. The topological polar surface area (TPSA) is 38.4 Å². The van der Waals surface area contributed by atoms with Gasteiger partial charge in [-0.1, -0.05) is 12.8 Å². The highest BCUT2D eigenvalue weighted by molar-refractivity contribution is 5.85. The lowest BCUT2D eigenvalue weighted by Gasteiger charge is -2.32. The third kappa shape index (κ3) is 1.92. The molecule has 1 fully saturated rings. The van der Waals surface area contributed by atoms with E-state index in [1.54, 1.807) is 0 Å². The van der Waals surface area contributed by atoms with E-state index in [4.69, 9.17) is 5.73 Å². The molecule has 2 nitrogen and oxygen atoms in total. The van der Waals surface area contributed by atoms with Crippen molar-refractivity contribution in [3.8, 4) is 0 Å². The van der Waals surface area contributed by atoms with Crippen molar-refractivity contribution in [3.05, 3.63) is 0 Å². The lowest BCUT2D eigenvalue weighted by Crippen LogP contribution is -2.31. The average Bonchev–Trinajstić information content (AvgIpc) is 2.04. The Hall–Kier alpha value is -0.240. The molecule has 2 N–H and O–H groups in total. The summed E-state index contributed by atoms with van der Waals surface area (Å²) < 4.78 is 0. The SMILES string of the molecule is Cl.NC1=N[C@@H]2CCCC[C@H]2CC1. The second kappa shape index (κ2) is 4.13. The predicted octanol–water partition coefficient (Wildman–Crippen LogP) is 2.12. The van der Waals surface area contributed by atoms with E-state index in [0.717, 1.165) is 18.2 Å². The van der Waals surface area contributed by atoms with Crippen LogP contribution in [0, 0.1) is 5.92 Å². The molecule has 1 aliphatic carbocycles. The number of hydrogen-bond acceptors (Lipinski definition) is 2. The minimum atomic E-state index is 0. The molecule has 1 heterocycles. The van der Waals surface area contributed by atoms with Crippen molar-refractivity contribution in [2.75, 3.05) is 0 Å². The van der Waals surface area contributed by atoms with Gasteiger partial charge in [-0.2, -0.15) is 0 Å². The van der Waals surface area contributed by atoms with Gasteiger partial charge in [0.2, 0.25) is 0 Å². The van der Waals surface area contributed by atoms with E-state index in [1.807, 2.05) is 0 Å². The summed E-state index contributed by atoms with van der Waals surface area (Å²) in [6.45, 7) is 0. The van der Waals surface area contributed by atoms with Gasteiger partial charge in [0.1, 0.15) is 0 Å². The summed E-state index contributed by atoms with van der Waals surface area (Å²) in [5.41, 5.74) is 5.69. The minimum absolute atomic E-state index is 0. The monoisotopic (exact) mass is 188 g/mol. The number of aliphatic imine (C=N–C) groups is 1. The molecule has 0 saturated heterocycles. The molecule has 0 bridgehead atoms. The van der Waals surface area contributed by atoms with Crippen LogP contribution in [0.2, 0.25) is 0 Å². The first-order valence-electron chi connectivity index (χ1n) is 4.68. The quantitative estimate of drug-likeness (QED) is 0.622. The third-order valence-electron chi connectivity index (χ3n) is 2.97. The Morgan fingerprint density at radius 3 is 2.75 bits per heavy atom. The van der Waals surface area contributed by atoms with E-state index in [0.29, 0.717) is 6.04 Å². The summed E-state index contributed by atoms with van der Waals surface area (Å²) in [6, 6.07) is 0.595. The van der Waals surface area contributed by atoms with E-state index in [2.05, 4.69) is 4.99 Å². The van der Waals surface area contributed by atoms with Crippen molar-refractivity contribution >= 4 is 18.2 Å². The molecular weight excluding hydrogens is 172 g/mol. The zero-order valence-corrected chi connectivity index (χ0v) is 8.15. The van der Waals surface area contributed by atoms with E-state index in [1.165, 1.54) is 32.1 Å². The van der Waals surface area contributed by atoms with Gasteiger partial charge in [-0.05, 0) is 25.2 Å². The zero-order valence-electron chi connectivity index (χ0n) is 7.33. The van der Waals surface area contributed by atoms with E-state index >= 15 is 0 Å². The maximum atomic E-state index is 5.69. The van der Waals surface area contributed by atoms with Gasteiger partial charge in [0, 0.05) is 6.42 Å². The van der Waals surface area contributed by atoms with E-state index in [9.17, 15) is 0 Å². The molecule has 0 unspecified atom stereocenters. The molecule has 1 saturated carbocycles. The summed E-state index contributed by atoms with van der Waals surface area (Å²) in [6.07, 6.45) is 7.78. The van der Waals surface area contributed by atoms with Crippen LogP contribution in [-0.4, -0.2) is 11.9 Å². The smallest absolute Gasteiger partial charge is 0.0940 e. The number of fused-ring (bicyclic) bond motifs is 1. The first kappa shape index (κ1) is 9.85. The standard InChI is InChI=1S/C9H16N2.ClH/c10-9-6-5-7-3-1-2-4-8(7)11-9;/h7-8H,1-6H2,(H2,10,11);1H/t7-,8+;/m0./s1. The third-order valence-corrected chi connectivity index (χ3v) is 2.97. The van der Waals surface area contributed by atoms with Gasteiger partial charge in [0.25, 0.3) is 0 Å². The average molecular weight is 189 g/mol. The Balaban J connectivity index is 0.000000720. The van der Waals surface area contributed by atoms with Gasteiger partial charge < -0.3 is 5.73 Å². The number of hydrogen-bond donors (Lipinski definition) is 1. The molecule has 0 aromatic heterocycles. The maximum absolute atomic E-state index is 5.69. The van der Waals surface area contributed by atoms with Gasteiger partial charge in [-0.3, -0.25) is 4.99 Å². The van der Waals surface area contributed by atoms with Crippen LogP contribution in [0.3, 0.4) is 0 Å². The Kier molecular flexibility index (Phi) is 3.39. The van der Waals surface area contributed by atoms with Crippen LogP contribution in [0.5, 0.6) is 0 Å². The van der Waals surface area contributed by atoms with Crippen LogP contribution >= 0.6 is 12.4 Å². The van der Waals surface area contributed by atoms with Gasteiger partial charge in [0.05, 0.1) is 11.9 Å². The summed E-state index contributed by atoms with van der Waals surface area (Å²) in [5, 5.41) is 0. The maximum Gasteiger partial charge on any atom is 0.0940 e. The van der Waals surface area contributed by atoms with Crippen molar-refractivity contribution in [1.82, 2.24) is 0 Å². The van der Waals surface area contributed by atoms with Crippen molar-refractivity contribution in [2.24, 2.45) is 16.6 Å². The molecule has 0 spiro atoms. The molecule has 0 aromatic carbocycles. The molecule has 0 radical (unpaired) electrons. The lowest BCUT2D eigenvalue weighted by molar-refractivity contribution is 0.286. The molecule has 1 aliphatic heterocycles. The molecule has 12 heavy (non-hydrogen) atoms. The number of nitrogens with two attached hydrogens (primary N) is 1. The highest BCUT2D eigenvalue weighted by Crippen LogP contribution is 2.32. The first-order chi connectivity index (χ1) is 5.36. The fourth-order valence-electron chi connectivity index (χ4n) is 2.31. The number of halogens is 1. The lowest BCUT2D eigenvalue weighted by atomic mass is 9.80. The Morgan fingerprint density at radius 2 is 1.92 bits per heavy atom. The Bertz CT molecular complexity index is 179. The van der Waals surface area contributed by atoms with Gasteiger partial charge in [0.15, 0.2) is 0 Å². The van der Waals surface area contributed by atoms with Gasteiger partial charge >= 0.3 is 0 Å². The van der Waals surface area contributed by atoms with Crippen LogP contribution in [0.1, 0.15) is 38.5 Å². The second-order valence-corrected chi connectivity index (χ2v) is 3.77. The van der Waals surface area contributed by atoms with Crippen LogP contribution in [-0.2, 0) is 0 Å². The van der Waals surface area contributed by atoms with Crippen LogP contribution < -0.4 is 5.73 Å². The van der Waals surface area contributed by atoms with Crippen molar-refractivity contribution < 1.29 is 0 Å². The van der Waals surface area contributed by atoms with Gasteiger partial charge in [-0.15, -0.1) is 12.4 Å². The minimum Gasteiger partial charge on any atom is -0.387 e. The number of amidine groups is 1.